The predicted octanol–water partition coefficient (Wildman–Crippen LogP) is 3.18. The molecule has 3 rings (SSSR count). The number of nitrogens with zero attached hydrogens (tertiary/aromatic N) is 1. The van der Waals surface area contributed by atoms with Gasteiger partial charge in [-0.2, -0.15) is 0 Å². The predicted molar refractivity (Wildman–Crippen MR) is 97.9 cm³/mol. The zero-order chi connectivity index (χ0) is 20.4. The molecule has 5 nitrogen and oxygen atoms in total. The van der Waals surface area contributed by atoms with Crippen LogP contribution in [0.2, 0.25) is 0 Å². The minimum absolute atomic E-state index is 0.124. The summed E-state index contributed by atoms with van der Waals surface area (Å²) in [6, 6.07) is 5.59. The van der Waals surface area contributed by atoms with Crippen molar-refractivity contribution in [1.29, 1.82) is 0 Å². The summed E-state index contributed by atoms with van der Waals surface area (Å²) in [5.41, 5.74) is -0.900. The summed E-state index contributed by atoms with van der Waals surface area (Å²) >= 11 is 0. The van der Waals surface area contributed by atoms with E-state index in [2.05, 4.69) is 10.1 Å². The average molecular weight is 400 g/mol. The molecule has 2 N–H and O–H groups in total. The van der Waals surface area contributed by atoms with E-state index in [1.807, 2.05) is 6.92 Å². The SMILES string of the molecule is C[C@H]1CN(C(=O)C(c2cccc(OC(F)(F)F)c2)C2(O)CCCCC2)CCN1. The van der Waals surface area contributed by atoms with Gasteiger partial charge in [0, 0.05) is 25.7 Å². The van der Waals surface area contributed by atoms with Crippen molar-refractivity contribution in [2.24, 2.45) is 0 Å². The minimum atomic E-state index is -4.81. The molecule has 1 amide bonds. The first-order chi connectivity index (χ1) is 13.2. The van der Waals surface area contributed by atoms with Crippen molar-refractivity contribution in [2.45, 2.75) is 63.0 Å². The molecule has 0 bridgehead atoms. The van der Waals surface area contributed by atoms with Gasteiger partial charge in [-0.25, -0.2) is 0 Å². The lowest BCUT2D eigenvalue weighted by Crippen LogP contribution is -2.55. The summed E-state index contributed by atoms with van der Waals surface area (Å²) in [5, 5.41) is 14.6. The highest BCUT2D eigenvalue weighted by Crippen LogP contribution is 2.42. The molecule has 1 aliphatic heterocycles. The molecule has 1 aromatic rings. The van der Waals surface area contributed by atoms with Crippen molar-refractivity contribution >= 4 is 5.91 Å². The lowest BCUT2D eigenvalue weighted by molar-refractivity contribution is -0.274. The first kappa shape index (κ1) is 20.9. The summed E-state index contributed by atoms with van der Waals surface area (Å²) in [6.45, 7) is 3.63. The number of amides is 1. The van der Waals surface area contributed by atoms with E-state index in [0.29, 0.717) is 38.0 Å². The highest BCUT2D eigenvalue weighted by molar-refractivity contribution is 5.85. The lowest BCUT2D eigenvalue weighted by atomic mass is 9.72. The molecule has 1 saturated heterocycles. The average Bonchev–Trinajstić information content (AvgIpc) is 2.61. The number of rotatable bonds is 4. The van der Waals surface area contributed by atoms with E-state index in [0.717, 1.165) is 19.3 Å². The molecule has 8 heteroatoms. The maximum atomic E-state index is 13.4. The van der Waals surface area contributed by atoms with E-state index in [1.54, 1.807) is 11.0 Å². The molecule has 1 saturated carbocycles. The summed E-state index contributed by atoms with van der Waals surface area (Å²) in [4.78, 5) is 15.1. The Morgan fingerprint density at radius 3 is 2.68 bits per heavy atom. The van der Waals surface area contributed by atoms with Crippen LogP contribution in [-0.2, 0) is 4.79 Å². The number of alkyl halides is 3. The molecule has 2 aliphatic rings. The Morgan fingerprint density at radius 2 is 2.04 bits per heavy atom. The number of ether oxygens (including phenoxy) is 1. The van der Waals surface area contributed by atoms with Crippen molar-refractivity contribution in [3.63, 3.8) is 0 Å². The second-order valence-corrected chi connectivity index (χ2v) is 7.86. The number of carbonyl (C=O) groups is 1. The largest absolute Gasteiger partial charge is 0.573 e. The molecule has 2 fully saturated rings. The van der Waals surface area contributed by atoms with E-state index in [4.69, 9.17) is 0 Å². The van der Waals surface area contributed by atoms with Crippen LogP contribution in [0.5, 0.6) is 5.75 Å². The van der Waals surface area contributed by atoms with Crippen LogP contribution in [0.3, 0.4) is 0 Å². The molecule has 28 heavy (non-hydrogen) atoms. The standard InChI is InChI=1S/C20H27F3N2O3/c1-14-13-25(11-10-24-14)18(26)17(19(27)8-3-2-4-9-19)15-6-5-7-16(12-15)28-20(21,22)23/h5-7,12,14,17,24,27H,2-4,8-11,13H2,1H3/t14-,17?/m0/s1. The second kappa shape index (κ2) is 8.29. The summed E-state index contributed by atoms with van der Waals surface area (Å²) in [7, 11) is 0. The number of nitrogens with one attached hydrogen (secondary N) is 1. The summed E-state index contributed by atoms with van der Waals surface area (Å²) < 4.78 is 42.0. The van der Waals surface area contributed by atoms with Gasteiger partial charge in [-0.3, -0.25) is 4.79 Å². The van der Waals surface area contributed by atoms with Crippen LogP contribution in [0.4, 0.5) is 13.2 Å². The minimum Gasteiger partial charge on any atom is -0.406 e. The van der Waals surface area contributed by atoms with Crippen LogP contribution in [0.1, 0.15) is 50.5 Å². The van der Waals surface area contributed by atoms with Crippen LogP contribution in [0, 0.1) is 0 Å². The van der Waals surface area contributed by atoms with E-state index in [-0.39, 0.29) is 17.7 Å². The Hall–Kier alpha value is -1.80. The number of carbonyl (C=O) groups excluding carboxylic acids is 1. The molecule has 1 heterocycles. The Labute approximate surface area is 162 Å². The molecule has 0 spiro atoms. The highest BCUT2D eigenvalue weighted by atomic mass is 19.4. The van der Waals surface area contributed by atoms with Crippen LogP contribution in [-0.4, -0.2) is 53.6 Å². The monoisotopic (exact) mass is 400 g/mol. The van der Waals surface area contributed by atoms with Gasteiger partial charge >= 0.3 is 6.36 Å². The molecule has 156 valence electrons. The van der Waals surface area contributed by atoms with Crippen molar-refractivity contribution in [3.05, 3.63) is 29.8 Å². The fraction of sp³-hybridized carbons (Fsp3) is 0.650. The summed E-state index contributed by atoms with van der Waals surface area (Å²) in [6.07, 6.45) is -1.35. The molecule has 2 atom stereocenters. The first-order valence-electron chi connectivity index (χ1n) is 9.78. The fourth-order valence-corrected chi connectivity index (χ4v) is 4.34. The van der Waals surface area contributed by atoms with Crippen molar-refractivity contribution in [3.8, 4) is 5.75 Å². The third-order valence-corrected chi connectivity index (χ3v) is 5.61. The maximum absolute atomic E-state index is 13.4. The van der Waals surface area contributed by atoms with E-state index < -0.39 is 17.9 Å². The van der Waals surface area contributed by atoms with Gasteiger partial charge in [-0.05, 0) is 37.5 Å². The second-order valence-electron chi connectivity index (χ2n) is 7.86. The molecule has 1 aliphatic carbocycles. The zero-order valence-corrected chi connectivity index (χ0v) is 16.0. The molecular weight excluding hydrogens is 373 g/mol. The van der Waals surface area contributed by atoms with Gasteiger partial charge in [0.1, 0.15) is 5.75 Å². The zero-order valence-electron chi connectivity index (χ0n) is 16.0. The van der Waals surface area contributed by atoms with Crippen LogP contribution < -0.4 is 10.1 Å². The van der Waals surface area contributed by atoms with Crippen molar-refractivity contribution in [1.82, 2.24) is 10.2 Å². The summed E-state index contributed by atoms with van der Waals surface area (Å²) in [5.74, 6) is -1.52. The number of aliphatic hydroxyl groups is 1. The van der Waals surface area contributed by atoms with Crippen molar-refractivity contribution in [2.75, 3.05) is 19.6 Å². The van der Waals surface area contributed by atoms with Gasteiger partial charge < -0.3 is 20.1 Å². The van der Waals surface area contributed by atoms with Gasteiger partial charge in [0.2, 0.25) is 5.91 Å². The van der Waals surface area contributed by atoms with Gasteiger partial charge in [-0.1, -0.05) is 31.4 Å². The van der Waals surface area contributed by atoms with E-state index in [9.17, 15) is 23.1 Å². The van der Waals surface area contributed by atoms with E-state index >= 15 is 0 Å². The Morgan fingerprint density at radius 1 is 1.32 bits per heavy atom. The number of benzene rings is 1. The third kappa shape index (κ3) is 4.97. The third-order valence-electron chi connectivity index (χ3n) is 5.61. The Bertz CT molecular complexity index is 690. The molecule has 0 aromatic heterocycles. The number of halogens is 3. The normalized spacial score (nSPS) is 23.9. The van der Waals surface area contributed by atoms with Crippen LogP contribution >= 0.6 is 0 Å². The topological polar surface area (TPSA) is 61.8 Å². The molecular formula is C20H27F3N2O3. The highest BCUT2D eigenvalue weighted by Gasteiger charge is 2.45. The molecule has 0 radical (unpaired) electrons. The number of hydrogen-bond acceptors (Lipinski definition) is 4. The Kier molecular flexibility index (Phi) is 6.19. The fourth-order valence-electron chi connectivity index (χ4n) is 4.34. The molecule has 1 unspecified atom stereocenters. The van der Waals surface area contributed by atoms with Crippen LogP contribution in [0.15, 0.2) is 24.3 Å². The lowest BCUT2D eigenvalue weighted by Gasteiger charge is -2.42. The van der Waals surface area contributed by atoms with E-state index in [1.165, 1.54) is 18.2 Å². The maximum Gasteiger partial charge on any atom is 0.573 e. The smallest absolute Gasteiger partial charge is 0.406 e. The van der Waals surface area contributed by atoms with Gasteiger partial charge in [-0.15, -0.1) is 13.2 Å². The first-order valence-corrected chi connectivity index (χ1v) is 9.78. The van der Waals surface area contributed by atoms with Crippen LogP contribution in [0.25, 0.3) is 0 Å². The number of piperazine rings is 1. The quantitative estimate of drug-likeness (QED) is 0.815. The Balaban J connectivity index is 1.94. The van der Waals surface area contributed by atoms with Gasteiger partial charge in [0.25, 0.3) is 0 Å². The number of hydrogen-bond donors (Lipinski definition) is 2. The van der Waals surface area contributed by atoms with Gasteiger partial charge in [0.05, 0.1) is 11.5 Å². The van der Waals surface area contributed by atoms with Gasteiger partial charge in [0.15, 0.2) is 0 Å². The molecule has 1 aromatic carbocycles. The van der Waals surface area contributed by atoms with Crippen molar-refractivity contribution < 1.29 is 27.8 Å².